The van der Waals surface area contributed by atoms with Crippen LogP contribution in [0.2, 0.25) is 0 Å². The van der Waals surface area contributed by atoms with Crippen LogP contribution >= 0.6 is 0 Å². The van der Waals surface area contributed by atoms with Crippen molar-refractivity contribution in [2.45, 2.75) is 38.0 Å². The smallest absolute Gasteiger partial charge is 0.314 e. The average Bonchev–Trinajstić information content (AvgIpc) is 3.46. The fourth-order valence-corrected chi connectivity index (χ4v) is 5.67. The predicted octanol–water partition coefficient (Wildman–Crippen LogP) is 2.63. The van der Waals surface area contributed by atoms with Crippen molar-refractivity contribution >= 4 is 17.8 Å². The van der Waals surface area contributed by atoms with E-state index in [1.165, 1.54) is 7.11 Å². The van der Waals surface area contributed by atoms with Gasteiger partial charge in [-0.1, -0.05) is 30.3 Å². The van der Waals surface area contributed by atoms with Crippen molar-refractivity contribution in [3.8, 4) is 11.5 Å². The van der Waals surface area contributed by atoms with Gasteiger partial charge in [0.25, 0.3) is 11.8 Å². The molecule has 0 N–H and O–H groups in total. The first kappa shape index (κ1) is 24.1. The Morgan fingerprint density at radius 1 is 1.06 bits per heavy atom. The van der Waals surface area contributed by atoms with Gasteiger partial charge in [-0.15, -0.1) is 0 Å². The van der Waals surface area contributed by atoms with Crippen LogP contribution in [0.15, 0.2) is 48.5 Å². The van der Waals surface area contributed by atoms with E-state index in [1.54, 1.807) is 34.9 Å². The van der Waals surface area contributed by atoms with E-state index in [9.17, 15) is 14.4 Å². The summed E-state index contributed by atoms with van der Waals surface area (Å²) in [4.78, 5) is 43.6. The minimum Gasteiger partial charge on any atom is -0.466 e. The predicted molar refractivity (Wildman–Crippen MR) is 128 cm³/mol. The van der Waals surface area contributed by atoms with Gasteiger partial charge in [-0.05, 0) is 43.5 Å². The summed E-state index contributed by atoms with van der Waals surface area (Å²) < 4.78 is 21.8. The SMILES string of the molecule is CCOC(=O)[C@@H]1[C@@H](OC)C(=O)N(Cc2ccccc2)C12CCN(C(=O)c1ccc3c(c1)OCO3)CC2. The molecule has 0 unspecified atom stereocenters. The van der Waals surface area contributed by atoms with Crippen molar-refractivity contribution in [1.29, 1.82) is 0 Å². The molecule has 2 fully saturated rings. The molecule has 1 spiro atoms. The van der Waals surface area contributed by atoms with E-state index in [-0.39, 0.29) is 25.2 Å². The third kappa shape index (κ3) is 4.07. The lowest BCUT2D eigenvalue weighted by molar-refractivity contribution is -0.157. The molecule has 36 heavy (non-hydrogen) atoms. The number of carbonyl (C=O) groups excluding carboxylic acids is 3. The lowest BCUT2D eigenvalue weighted by Gasteiger charge is -2.47. The molecule has 3 aliphatic rings. The summed E-state index contributed by atoms with van der Waals surface area (Å²) in [5.74, 6) is -0.401. The number of carbonyl (C=O) groups is 3. The van der Waals surface area contributed by atoms with E-state index >= 15 is 0 Å². The number of methoxy groups -OCH3 is 1. The summed E-state index contributed by atoms with van der Waals surface area (Å²) in [6.45, 7) is 3.23. The normalized spacial score (nSPS) is 22.2. The summed E-state index contributed by atoms with van der Waals surface area (Å²) in [5, 5.41) is 0. The molecule has 9 heteroatoms. The van der Waals surface area contributed by atoms with Crippen LogP contribution in [0.5, 0.6) is 11.5 Å². The quantitative estimate of drug-likeness (QED) is 0.570. The summed E-state index contributed by atoms with van der Waals surface area (Å²) >= 11 is 0. The van der Waals surface area contributed by atoms with E-state index in [0.717, 1.165) is 5.56 Å². The standard InChI is InChI=1S/C27H30N2O7/c1-3-34-26(32)22-23(33-2)25(31)29(16-18-7-5-4-6-8-18)27(22)11-13-28(14-12-27)24(30)19-9-10-20-21(15-19)36-17-35-20/h4-10,15,22-23H,3,11-14,16-17H2,1-2H3/t22-,23+/m0/s1. The number of ether oxygens (including phenoxy) is 4. The van der Waals surface area contributed by atoms with Crippen LogP contribution in [0.1, 0.15) is 35.7 Å². The van der Waals surface area contributed by atoms with Crippen molar-refractivity contribution in [2.75, 3.05) is 33.6 Å². The Balaban J connectivity index is 1.42. The molecular weight excluding hydrogens is 464 g/mol. The minimum atomic E-state index is -0.927. The van der Waals surface area contributed by atoms with Gasteiger partial charge in [-0.25, -0.2) is 0 Å². The summed E-state index contributed by atoms with van der Waals surface area (Å²) in [7, 11) is 1.45. The van der Waals surface area contributed by atoms with Gasteiger partial charge in [0.05, 0.1) is 12.1 Å². The van der Waals surface area contributed by atoms with Crippen LogP contribution in [0.3, 0.4) is 0 Å². The summed E-state index contributed by atoms with van der Waals surface area (Å²) in [6, 6.07) is 14.8. The lowest BCUT2D eigenvalue weighted by Crippen LogP contribution is -2.58. The second-order valence-electron chi connectivity index (χ2n) is 9.26. The first-order chi connectivity index (χ1) is 17.5. The van der Waals surface area contributed by atoms with Crippen molar-refractivity contribution in [3.05, 3.63) is 59.7 Å². The third-order valence-corrected chi connectivity index (χ3v) is 7.44. The Bertz CT molecular complexity index is 1140. The van der Waals surface area contributed by atoms with Gasteiger partial charge in [-0.3, -0.25) is 14.4 Å². The fraction of sp³-hybridized carbons (Fsp3) is 0.444. The largest absolute Gasteiger partial charge is 0.466 e. The zero-order chi connectivity index (χ0) is 25.3. The number of esters is 1. The second kappa shape index (κ2) is 9.81. The fourth-order valence-electron chi connectivity index (χ4n) is 5.67. The van der Waals surface area contributed by atoms with Crippen molar-refractivity contribution in [2.24, 2.45) is 5.92 Å². The number of hydrogen-bond donors (Lipinski definition) is 0. The zero-order valence-corrected chi connectivity index (χ0v) is 20.5. The highest BCUT2D eigenvalue weighted by Crippen LogP contribution is 2.46. The number of rotatable bonds is 6. The van der Waals surface area contributed by atoms with Crippen LogP contribution in [-0.4, -0.2) is 72.8 Å². The van der Waals surface area contributed by atoms with Gasteiger partial charge in [0.15, 0.2) is 17.6 Å². The van der Waals surface area contributed by atoms with Gasteiger partial charge >= 0.3 is 5.97 Å². The molecule has 0 bridgehead atoms. The van der Waals surface area contributed by atoms with Crippen molar-refractivity contribution in [3.63, 3.8) is 0 Å². The minimum absolute atomic E-state index is 0.127. The molecule has 2 saturated heterocycles. The molecule has 3 heterocycles. The van der Waals surface area contributed by atoms with Gasteiger partial charge in [0.1, 0.15) is 5.92 Å². The zero-order valence-electron chi connectivity index (χ0n) is 20.5. The van der Waals surface area contributed by atoms with Gasteiger partial charge in [0, 0.05) is 32.3 Å². The maximum absolute atomic E-state index is 13.6. The molecule has 3 aliphatic heterocycles. The average molecular weight is 495 g/mol. The Kier molecular flexibility index (Phi) is 6.57. The van der Waals surface area contributed by atoms with Crippen molar-refractivity contribution in [1.82, 2.24) is 9.80 Å². The Hall–Kier alpha value is -3.59. The molecule has 9 nitrogen and oxygen atoms in total. The highest BCUT2D eigenvalue weighted by Gasteiger charge is 2.63. The Labute approximate surface area is 209 Å². The third-order valence-electron chi connectivity index (χ3n) is 7.44. The van der Waals surface area contributed by atoms with Crippen molar-refractivity contribution < 1.29 is 33.3 Å². The van der Waals surface area contributed by atoms with Crippen LogP contribution in [-0.2, 0) is 25.6 Å². The molecule has 0 aliphatic carbocycles. The van der Waals surface area contributed by atoms with E-state index in [1.807, 2.05) is 30.3 Å². The molecule has 2 aromatic rings. The number of nitrogens with zero attached hydrogens (tertiary/aromatic N) is 2. The molecule has 2 amide bonds. The molecule has 5 rings (SSSR count). The van der Waals surface area contributed by atoms with E-state index in [4.69, 9.17) is 18.9 Å². The molecule has 2 atom stereocenters. The number of piperidine rings is 1. The number of amides is 2. The summed E-state index contributed by atoms with van der Waals surface area (Å²) in [5.41, 5.74) is 0.657. The lowest BCUT2D eigenvalue weighted by atomic mass is 9.75. The maximum atomic E-state index is 13.6. The molecule has 2 aromatic carbocycles. The van der Waals surface area contributed by atoms with Crippen LogP contribution in [0.25, 0.3) is 0 Å². The number of benzene rings is 2. The molecule has 0 saturated carbocycles. The monoisotopic (exact) mass is 494 g/mol. The topological polar surface area (TPSA) is 94.6 Å². The van der Waals surface area contributed by atoms with E-state index in [0.29, 0.717) is 49.5 Å². The first-order valence-electron chi connectivity index (χ1n) is 12.2. The Morgan fingerprint density at radius 2 is 1.78 bits per heavy atom. The van der Waals surface area contributed by atoms with E-state index < -0.39 is 23.5 Å². The molecule has 0 aromatic heterocycles. The highest BCUT2D eigenvalue weighted by atomic mass is 16.7. The number of fused-ring (bicyclic) bond motifs is 1. The molecule has 0 radical (unpaired) electrons. The highest BCUT2D eigenvalue weighted by molar-refractivity contribution is 5.96. The van der Waals surface area contributed by atoms with Crippen LogP contribution in [0, 0.1) is 5.92 Å². The molecular formula is C27H30N2O7. The summed E-state index contributed by atoms with van der Waals surface area (Å²) in [6.07, 6.45) is -0.0555. The first-order valence-corrected chi connectivity index (χ1v) is 12.2. The van der Waals surface area contributed by atoms with Gasteiger partial charge < -0.3 is 28.7 Å². The number of hydrogen-bond acceptors (Lipinski definition) is 7. The van der Waals surface area contributed by atoms with E-state index in [2.05, 4.69) is 0 Å². The van der Waals surface area contributed by atoms with Crippen LogP contribution in [0.4, 0.5) is 0 Å². The van der Waals surface area contributed by atoms with Gasteiger partial charge in [-0.2, -0.15) is 0 Å². The second-order valence-corrected chi connectivity index (χ2v) is 9.26. The van der Waals surface area contributed by atoms with Crippen LogP contribution < -0.4 is 9.47 Å². The Morgan fingerprint density at radius 3 is 2.47 bits per heavy atom. The number of likely N-dealkylation sites (tertiary alicyclic amines) is 2. The maximum Gasteiger partial charge on any atom is 0.314 e. The molecule has 190 valence electrons. The van der Waals surface area contributed by atoms with Gasteiger partial charge in [0.2, 0.25) is 6.79 Å².